The minimum Gasteiger partial charge on any atom is -1.00 e. The standard InChI is InChI=1S/C32H31F3N3O5.ClH/c1-39-30-14-21(17-36-9-11-37(12-10-36)22-3-5-23(6-4-22)43-32(33,34)35)24-15-27-25-16-29-28(41-19-42-29)13-20(25)7-8-38(27)18-26(24)31(30)40-2;/h3-6,13-16,18H,7-12,17,19H2,1-2H3;1H/q+1;/p-1. The first-order valence-electron chi connectivity index (χ1n) is 14.2. The zero-order chi connectivity index (χ0) is 29.7. The number of alkyl halides is 3. The van der Waals surface area contributed by atoms with Gasteiger partial charge >= 0.3 is 6.36 Å². The van der Waals surface area contributed by atoms with Gasteiger partial charge in [0.15, 0.2) is 35.7 Å². The third kappa shape index (κ3) is 5.61. The maximum absolute atomic E-state index is 12.5. The van der Waals surface area contributed by atoms with Gasteiger partial charge in [-0.1, -0.05) is 0 Å². The number of anilines is 1. The fourth-order valence-corrected chi connectivity index (χ4v) is 6.32. The molecule has 3 aliphatic heterocycles. The lowest BCUT2D eigenvalue weighted by molar-refractivity contribution is -0.686. The van der Waals surface area contributed by atoms with E-state index in [-0.39, 0.29) is 24.9 Å². The molecule has 7 rings (SSSR count). The van der Waals surface area contributed by atoms with Crippen molar-refractivity contribution < 1.29 is 53.8 Å². The second-order valence-corrected chi connectivity index (χ2v) is 10.9. The monoisotopic (exact) mass is 629 g/mol. The molecule has 232 valence electrons. The Bertz CT molecular complexity index is 1690. The lowest BCUT2D eigenvalue weighted by Crippen LogP contribution is -3.00. The Balaban J connectivity index is 0.00000343. The number of nitrogens with zero attached hydrogens (tertiary/aromatic N) is 3. The highest BCUT2D eigenvalue weighted by atomic mass is 35.5. The number of rotatable bonds is 6. The van der Waals surface area contributed by atoms with Crippen molar-refractivity contribution in [3.05, 3.63) is 65.9 Å². The minimum atomic E-state index is -4.70. The van der Waals surface area contributed by atoms with Gasteiger partial charge in [-0.2, -0.15) is 4.57 Å². The SMILES string of the molecule is COc1cc(CN2CCN(c3ccc(OC(F)(F)F)cc3)CC2)c2cc3[n+](cc2c1OC)CCc1cc2c(cc1-3)OCO2.[Cl-]. The van der Waals surface area contributed by atoms with Crippen molar-refractivity contribution >= 4 is 16.5 Å². The van der Waals surface area contributed by atoms with Gasteiger partial charge in [-0.3, -0.25) is 4.90 Å². The molecule has 0 unspecified atom stereocenters. The molecular weight excluding hydrogens is 599 g/mol. The van der Waals surface area contributed by atoms with Crippen LogP contribution >= 0.6 is 0 Å². The van der Waals surface area contributed by atoms with E-state index in [0.717, 1.165) is 83.9 Å². The average molecular weight is 630 g/mol. The molecule has 4 aromatic rings. The molecule has 1 fully saturated rings. The topological polar surface area (TPSA) is 56.5 Å². The summed E-state index contributed by atoms with van der Waals surface area (Å²) in [6.07, 6.45) is -1.66. The van der Waals surface area contributed by atoms with Crippen LogP contribution in [0, 0.1) is 0 Å². The molecule has 4 heterocycles. The van der Waals surface area contributed by atoms with Gasteiger partial charge in [0.2, 0.25) is 12.5 Å². The van der Waals surface area contributed by atoms with Crippen LogP contribution in [0.1, 0.15) is 11.1 Å². The molecule has 0 amide bonds. The molecule has 1 aromatic heterocycles. The van der Waals surface area contributed by atoms with Crippen molar-refractivity contribution in [3.63, 3.8) is 0 Å². The largest absolute Gasteiger partial charge is 1.00 e. The number of piperazine rings is 1. The minimum absolute atomic E-state index is 0. The third-order valence-corrected chi connectivity index (χ3v) is 8.41. The normalized spacial score (nSPS) is 15.8. The van der Waals surface area contributed by atoms with E-state index < -0.39 is 6.36 Å². The van der Waals surface area contributed by atoms with Crippen LogP contribution < -0.4 is 45.6 Å². The Morgan fingerprint density at radius 1 is 0.886 bits per heavy atom. The molecule has 0 spiro atoms. The van der Waals surface area contributed by atoms with E-state index in [2.05, 4.69) is 49.6 Å². The van der Waals surface area contributed by atoms with Crippen molar-refractivity contribution in [1.29, 1.82) is 0 Å². The Hall–Kier alpha value is -4.09. The summed E-state index contributed by atoms with van der Waals surface area (Å²) < 4.78 is 66.8. The van der Waals surface area contributed by atoms with Gasteiger partial charge in [-0.25, -0.2) is 0 Å². The third-order valence-electron chi connectivity index (χ3n) is 8.41. The van der Waals surface area contributed by atoms with E-state index in [4.69, 9.17) is 18.9 Å². The predicted octanol–water partition coefficient (Wildman–Crippen LogP) is 2.32. The molecule has 0 radical (unpaired) electrons. The Kier molecular flexibility index (Phi) is 8.02. The molecule has 0 N–H and O–H groups in total. The van der Waals surface area contributed by atoms with Gasteiger partial charge in [-0.05, 0) is 53.6 Å². The zero-order valence-corrected chi connectivity index (χ0v) is 25.0. The molecule has 3 aliphatic rings. The van der Waals surface area contributed by atoms with Gasteiger partial charge in [0.05, 0.1) is 25.2 Å². The lowest BCUT2D eigenvalue weighted by Gasteiger charge is -2.36. The van der Waals surface area contributed by atoms with E-state index in [1.807, 2.05) is 0 Å². The van der Waals surface area contributed by atoms with Crippen molar-refractivity contribution in [3.8, 4) is 40.0 Å². The molecule has 0 aliphatic carbocycles. The van der Waals surface area contributed by atoms with Crippen LogP contribution in [0.5, 0.6) is 28.7 Å². The maximum atomic E-state index is 12.5. The number of aromatic nitrogens is 1. The summed E-state index contributed by atoms with van der Waals surface area (Å²) in [6.45, 7) is 4.86. The van der Waals surface area contributed by atoms with Crippen LogP contribution in [0.4, 0.5) is 18.9 Å². The van der Waals surface area contributed by atoms with Crippen LogP contribution in [0.15, 0.2) is 54.7 Å². The van der Waals surface area contributed by atoms with Crippen LogP contribution in [-0.2, 0) is 19.5 Å². The number of ether oxygens (including phenoxy) is 5. The number of halogens is 4. The molecule has 0 atom stereocenters. The highest BCUT2D eigenvalue weighted by Crippen LogP contribution is 2.43. The first kappa shape index (κ1) is 30.0. The van der Waals surface area contributed by atoms with Crippen molar-refractivity contribution in [1.82, 2.24) is 4.90 Å². The van der Waals surface area contributed by atoms with Crippen LogP contribution in [0.25, 0.3) is 22.0 Å². The molecule has 0 bridgehead atoms. The smallest absolute Gasteiger partial charge is 0.573 e. The Labute approximate surface area is 258 Å². The summed E-state index contributed by atoms with van der Waals surface area (Å²) in [5, 5.41) is 2.08. The first-order valence-corrected chi connectivity index (χ1v) is 14.2. The predicted molar refractivity (Wildman–Crippen MR) is 153 cm³/mol. The van der Waals surface area contributed by atoms with E-state index in [9.17, 15) is 13.2 Å². The van der Waals surface area contributed by atoms with E-state index >= 15 is 0 Å². The summed E-state index contributed by atoms with van der Waals surface area (Å²) in [7, 11) is 3.32. The number of pyridine rings is 1. The second kappa shape index (κ2) is 11.8. The summed E-state index contributed by atoms with van der Waals surface area (Å²) in [5.41, 5.74) is 5.49. The van der Waals surface area contributed by atoms with E-state index in [1.165, 1.54) is 17.7 Å². The highest BCUT2D eigenvalue weighted by Gasteiger charge is 2.32. The van der Waals surface area contributed by atoms with Gasteiger partial charge < -0.3 is 41.0 Å². The van der Waals surface area contributed by atoms with Crippen LogP contribution in [-0.4, -0.2) is 58.5 Å². The van der Waals surface area contributed by atoms with Crippen molar-refractivity contribution in [2.24, 2.45) is 0 Å². The quantitative estimate of drug-likeness (QED) is 0.304. The second-order valence-electron chi connectivity index (χ2n) is 10.9. The van der Waals surface area contributed by atoms with Crippen LogP contribution in [0.2, 0.25) is 0 Å². The van der Waals surface area contributed by atoms with E-state index in [0.29, 0.717) is 18.0 Å². The molecule has 12 heteroatoms. The van der Waals surface area contributed by atoms with Gasteiger partial charge in [0.1, 0.15) is 5.75 Å². The fraction of sp³-hybridized carbons (Fsp3) is 0.344. The molecular formula is C32H31ClF3N3O5. The fourth-order valence-electron chi connectivity index (χ4n) is 6.32. The number of aryl methyl sites for hydroxylation is 2. The van der Waals surface area contributed by atoms with Gasteiger partial charge in [0.25, 0.3) is 0 Å². The van der Waals surface area contributed by atoms with Crippen LogP contribution in [0.3, 0.4) is 0 Å². The molecule has 3 aromatic carbocycles. The average Bonchev–Trinajstić information content (AvgIpc) is 3.46. The Morgan fingerprint density at radius 3 is 2.30 bits per heavy atom. The molecule has 1 saturated heterocycles. The Morgan fingerprint density at radius 2 is 1.61 bits per heavy atom. The number of hydrogen-bond acceptors (Lipinski definition) is 7. The number of hydrogen-bond donors (Lipinski definition) is 0. The highest BCUT2D eigenvalue weighted by molar-refractivity contribution is 5.94. The first-order chi connectivity index (χ1) is 20.8. The maximum Gasteiger partial charge on any atom is 0.573 e. The molecule has 0 saturated carbocycles. The summed E-state index contributed by atoms with van der Waals surface area (Å²) in [6, 6.07) is 14.5. The van der Waals surface area contributed by atoms with Crippen molar-refractivity contribution in [2.75, 3.05) is 52.1 Å². The number of fused-ring (bicyclic) bond motifs is 5. The zero-order valence-electron chi connectivity index (χ0n) is 24.2. The summed E-state index contributed by atoms with van der Waals surface area (Å²) in [5.74, 6) is 2.73. The summed E-state index contributed by atoms with van der Waals surface area (Å²) in [4.78, 5) is 4.56. The molecule has 44 heavy (non-hydrogen) atoms. The molecule has 8 nitrogen and oxygen atoms in total. The van der Waals surface area contributed by atoms with Crippen molar-refractivity contribution in [2.45, 2.75) is 25.9 Å². The number of methoxy groups -OCH3 is 2. The number of benzene rings is 3. The van der Waals surface area contributed by atoms with Gasteiger partial charge in [0, 0.05) is 56.3 Å². The van der Waals surface area contributed by atoms with E-state index in [1.54, 1.807) is 26.4 Å². The van der Waals surface area contributed by atoms with Gasteiger partial charge in [-0.15, -0.1) is 13.2 Å². The summed E-state index contributed by atoms with van der Waals surface area (Å²) >= 11 is 0. The lowest BCUT2D eigenvalue weighted by atomic mass is 9.93.